The fraction of sp³-hybridized carbons (Fsp3) is 0.571. The number of likely N-dealkylation sites (N-methyl/N-ethyl adjacent to an activating group) is 1. The van der Waals surface area contributed by atoms with Crippen molar-refractivity contribution in [2.24, 2.45) is 5.92 Å². The van der Waals surface area contributed by atoms with Crippen molar-refractivity contribution >= 4 is 10.0 Å². The molecule has 1 saturated carbocycles. The van der Waals surface area contributed by atoms with E-state index in [1.54, 1.807) is 6.07 Å². The Hall–Kier alpha value is -2.13. The Bertz CT molecular complexity index is 1310. The second-order valence-corrected chi connectivity index (χ2v) is 13.5. The van der Waals surface area contributed by atoms with Crippen LogP contribution in [0, 0.1) is 5.92 Å². The molecule has 8 heteroatoms. The predicted octanol–water partition coefficient (Wildman–Crippen LogP) is 2.86. The van der Waals surface area contributed by atoms with Crippen molar-refractivity contribution < 1.29 is 23.4 Å². The molecule has 2 heterocycles. The maximum absolute atomic E-state index is 13.5. The molecule has 194 valence electrons. The van der Waals surface area contributed by atoms with Crippen LogP contribution in [0.2, 0.25) is 0 Å². The van der Waals surface area contributed by atoms with Gasteiger partial charge in [-0.15, -0.1) is 0 Å². The summed E-state index contributed by atoms with van der Waals surface area (Å²) in [5, 5.41) is 23.0. The number of nitrogens with zero attached hydrogens (tertiary/aromatic N) is 1. The summed E-state index contributed by atoms with van der Waals surface area (Å²) in [6.07, 6.45) is 2.55. The number of ether oxygens (including phenoxy) is 1. The van der Waals surface area contributed by atoms with Gasteiger partial charge in [0, 0.05) is 11.6 Å². The Morgan fingerprint density at radius 1 is 1.17 bits per heavy atom. The highest BCUT2D eigenvalue weighted by atomic mass is 32.2. The second kappa shape index (κ2) is 8.18. The lowest BCUT2D eigenvalue weighted by molar-refractivity contribution is -0.185. The van der Waals surface area contributed by atoms with E-state index in [-0.39, 0.29) is 17.5 Å². The number of sulfonamides is 1. The molecule has 2 aliphatic heterocycles. The highest BCUT2D eigenvalue weighted by Crippen LogP contribution is 2.65. The third-order valence-electron chi connectivity index (χ3n) is 9.15. The lowest BCUT2D eigenvalue weighted by Gasteiger charge is -2.63. The minimum absolute atomic E-state index is 0.0569. The fourth-order valence-corrected chi connectivity index (χ4v) is 9.17. The van der Waals surface area contributed by atoms with E-state index in [2.05, 4.69) is 30.5 Å². The van der Waals surface area contributed by atoms with Gasteiger partial charge < -0.3 is 19.8 Å². The largest absolute Gasteiger partial charge is 0.504 e. The first-order valence-corrected chi connectivity index (χ1v) is 14.7. The van der Waals surface area contributed by atoms with Gasteiger partial charge in [0.1, 0.15) is 6.10 Å². The number of benzene rings is 2. The number of hydrogen-bond donors (Lipinski definition) is 3. The highest BCUT2D eigenvalue weighted by Gasteiger charge is 2.72. The monoisotopic (exact) mass is 512 g/mol. The third-order valence-corrected chi connectivity index (χ3v) is 10.5. The number of rotatable bonds is 6. The van der Waals surface area contributed by atoms with Gasteiger partial charge in [-0.25, -0.2) is 13.1 Å². The van der Waals surface area contributed by atoms with Gasteiger partial charge in [0.2, 0.25) is 10.0 Å². The maximum Gasteiger partial charge on any atom is 0.216 e. The molecule has 36 heavy (non-hydrogen) atoms. The first-order chi connectivity index (χ1) is 17.1. The normalized spacial score (nSPS) is 32.9. The van der Waals surface area contributed by atoms with Crippen LogP contribution in [0.15, 0.2) is 36.4 Å². The summed E-state index contributed by atoms with van der Waals surface area (Å²) in [6, 6.07) is 10.8. The summed E-state index contributed by atoms with van der Waals surface area (Å²) in [4.78, 5) is 2.23. The fourth-order valence-electron chi connectivity index (χ4n) is 7.69. The standard InChI is InChI=1S/C28H36N2O5S/c1-17(2)14-18-6-4-5-7-20(18)16-36(33,34)29-21-10-11-28(32)23-15-19-8-9-22(31)25-24(19)27(28,26(21)35-25)12-13-30(23)3/h4-9,17,21,23,26,29,31-32H,10-16H2,1-3H3/t21-,23-,26+,27+,28-/m1/s1. The highest BCUT2D eigenvalue weighted by molar-refractivity contribution is 7.88. The zero-order valence-corrected chi connectivity index (χ0v) is 22.0. The maximum atomic E-state index is 13.5. The number of phenols is 1. The third kappa shape index (κ3) is 3.37. The van der Waals surface area contributed by atoms with Crippen molar-refractivity contribution in [2.75, 3.05) is 13.6 Å². The van der Waals surface area contributed by atoms with Gasteiger partial charge >= 0.3 is 0 Å². The molecule has 2 aromatic carbocycles. The Kier molecular flexibility index (Phi) is 5.51. The molecule has 1 spiro atoms. The minimum atomic E-state index is -3.68. The summed E-state index contributed by atoms with van der Waals surface area (Å²) in [5.74, 6) is 0.812. The van der Waals surface area contributed by atoms with Gasteiger partial charge in [-0.05, 0) is 74.4 Å². The molecule has 1 saturated heterocycles. The number of phenolic OH excluding ortho intramolecular Hbond substituents is 1. The van der Waals surface area contributed by atoms with Crippen LogP contribution in [-0.2, 0) is 34.0 Å². The summed E-state index contributed by atoms with van der Waals surface area (Å²) in [6.45, 7) is 5.04. The molecule has 2 aliphatic carbocycles. The van der Waals surface area contributed by atoms with Gasteiger partial charge in [-0.2, -0.15) is 0 Å². The van der Waals surface area contributed by atoms with Crippen LogP contribution in [0.4, 0.5) is 0 Å². The van der Waals surface area contributed by atoms with Crippen molar-refractivity contribution in [1.29, 1.82) is 0 Å². The Labute approximate surface area is 213 Å². The average molecular weight is 513 g/mol. The zero-order chi connectivity index (χ0) is 25.5. The van der Waals surface area contributed by atoms with E-state index in [4.69, 9.17) is 4.74 Å². The van der Waals surface area contributed by atoms with Crippen LogP contribution in [-0.4, -0.2) is 60.9 Å². The lowest BCUT2D eigenvalue weighted by Crippen LogP contribution is -2.77. The second-order valence-electron chi connectivity index (χ2n) is 11.7. The van der Waals surface area contributed by atoms with Crippen LogP contribution in [0.25, 0.3) is 0 Å². The molecule has 2 fully saturated rings. The van der Waals surface area contributed by atoms with Crippen molar-refractivity contribution in [1.82, 2.24) is 9.62 Å². The van der Waals surface area contributed by atoms with E-state index in [1.807, 2.05) is 30.3 Å². The number of nitrogens with one attached hydrogen (secondary N) is 1. The summed E-state index contributed by atoms with van der Waals surface area (Å²) in [5.41, 5.74) is 2.06. The Morgan fingerprint density at radius 3 is 2.67 bits per heavy atom. The van der Waals surface area contributed by atoms with E-state index < -0.39 is 33.2 Å². The van der Waals surface area contributed by atoms with Gasteiger partial charge in [0.25, 0.3) is 0 Å². The summed E-state index contributed by atoms with van der Waals surface area (Å²) >= 11 is 0. The number of aliphatic hydroxyl groups is 1. The van der Waals surface area contributed by atoms with Crippen molar-refractivity contribution in [2.45, 2.75) is 80.9 Å². The van der Waals surface area contributed by atoms with Crippen molar-refractivity contribution in [3.63, 3.8) is 0 Å². The smallest absolute Gasteiger partial charge is 0.216 e. The molecule has 0 amide bonds. The number of hydrogen-bond acceptors (Lipinski definition) is 6. The van der Waals surface area contributed by atoms with Crippen LogP contribution < -0.4 is 9.46 Å². The molecular weight excluding hydrogens is 476 g/mol. The van der Waals surface area contributed by atoms with Crippen molar-refractivity contribution in [3.8, 4) is 11.5 Å². The van der Waals surface area contributed by atoms with Gasteiger partial charge in [-0.3, -0.25) is 0 Å². The summed E-state index contributed by atoms with van der Waals surface area (Å²) in [7, 11) is -1.63. The molecule has 0 radical (unpaired) electrons. The van der Waals surface area contributed by atoms with Crippen LogP contribution in [0.1, 0.15) is 55.4 Å². The minimum Gasteiger partial charge on any atom is -0.504 e. The summed E-state index contributed by atoms with van der Waals surface area (Å²) < 4.78 is 36.4. The first-order valence-electron chi connectivity index (χ1n) is 13.1. The SMILES string of the molecule is CC(C)Cc1ccccc1CS(=O)(=O)N[C@@H]1CC[C@@]2(O)[C@H]3Cc4ccc(O)c5c4[C@@]2(CCN3C)[C@H]1O5. The lowest BCUT2D eigenvalue weighted by atomic mass is 9.48. The molecular formula is C28H36N2O5S. The Balaban J connectivity index is 1.36. The number of likely N-dealkylation sites (tertiary alicyclic amines) is 1. The predicted molar refractivity (Wildman–Crippen MR) is 138 cm³/mol. The van der Waals surface area contributed by atoms with Crippen molar-refractivity contribution in [3.05, 3.63) is 58.7 Å². The molecule has 7 nitrogen and oxygen atoms in total. The quantitative estimate of drug-likeness (QED) is 0.551. The number of aromatic hydroxyl groups is 1. The molecule has 2 bridgehead atoms. The average Bonchev–Trinajstić information content (AvgIpc) is 3.17. The zero-order valence-electron chi connectivity index (χ0n) is 21.2. The molecule has 5 atom stereocenters. The van der Waals surface area contributed by atoms with Crippen LogP contribution >= 0.6 is 0 Å². The topological polar surface area (TPSA) is 99.1 Å². The first kappa shape index (κ1) is 24.2. The van der Waals surface area contributed by atoms with E-state index in [1.165, 1.54) is 0 Å². The molecule has 2 aromatic rings. The number of piperidine rings is 1. The molecule has 0 aromatic heterocycles. The van der Waals surface area contributed by atoms with Gasteiger partial charge in [-0.1, -0.05) is 44.2 Å². The van der Waals surface area contributed by atoms with E-state index in [9.17, 15) is 18.6 Å². The van der Waals surface area contributed by atoms with E-state index in [0.29, 0.717) is 37.4 Å². The molecule has 6 rings (SSSR count). The Morgan fingerprint density at radius 2 is 1.92 bits per heavy atom. The van der Waals surface area contributed by atoms with Gasteiger partial charge in [0.15, 0.2) is 11.5 Å². The molecule has 0 unspecified atom stereocenters. The molecule has 3 N–H and O–H groups in total. The van der Waals surface area contributed by atoms with Crippen LogP contribution in [0.3, 0.4) is 0 Å². The molecule has 4 aliphatic rings. The van der Waals surface area contributed by atoms with E-state index >= 15 is 0 Å². The van der Waals surface area contributed by atoms with Gasteiger partial charge in [0.05, 0.1) is 22.8 Å². The van der Waals surface area contributed by atoms with Crippen LogP contribution in [0.5, 0.6) is 11.5 Å². The van der Waals surface area contributed by atoms with E-state index in [0.717, 1.165) is 35.2 Å².